The normalized spacial score (nSPS) is 15.5. The summed E-state index contributed by atoms with van der Waals surface area (Å²) in [5.41, 5.74) is 0.494. The molecule has 0 spiro atoms. The van der Waals surface area contributed by atoms with Crippen LogP contribution in [0.25, 0.3) is 0 Å². The van der Waals surface area contributed by atoms with Crippen LogP contribution in [0.5, 0.6) is 0 Å². The van der Waals surface area contributed by atoms with E-state index >= 15 is 0 Å². The average molecular weight is 377 g/mol. The van der Waals surface area contributed by atoms with E-state index in [9.17, 15) is 13.2 Å². The van der Waals surface area contributed by atoms with Crippen molar-refractivity contribution in [2.24, 2.45) is 7.05 Å². The fourth-order valence-electron chi connectivity index (χ4n) is 2.93. The molecule has 1 aliphatic rings. The van der Waals surface area contributed by atoms with Crippen molar-refractivity contribution in [1.29, 1.82) is 0 Å². The zero-order valence-electron chi connectivity index (χ0n) is 15.2. The van der Waals surface area contributed by atoms with Crippen LogP contribution in [0.15, 0.2) is 41.6 Å². The van der Waals surface area contributed by atoms with Gasteiger partial charge in [0.15, 0.2) is 0 Å². The van der Waals surface area contributed by atoms with Crippen molar-refractivity contribution >= 4 is 21.9 Å². The number of amides is 1. The highest BCUT2D eigenvalue weighted by molar-refractivity contribution is 7.89. The molecule has 1 aliphatic heterocycles. The Kier molecular flexibility index (Phi) is 5.01. The van der Waals surface area contributed by atoms with Gasteiger partial charge in [-0.25, -0.2) is 17.7 Å². The third-order valence-electron chi connectivity index (χ3n) is 4.53. The van der Waals surface area contributed by atoms with Crippen molar-refractivity contribution in [3.8, 4) is 0 Å². The number of hydrogen-bond donors (Lipinski definition) is 0. The van der Waals surface area contributed by atoms with Gasteiger partial charge in [-0.05, 0) is 24.3 Å². The standard InChI is InChI=1S/C17H23N5O3S/c1-19(2)26(24,25)15-6-4-14(5-7-15)16(23)21-10-12-22(13-11-21)17-18-8-9-20(17)3/h4-9H,10-13H2,1-3H3. The van der Waals surface area contributed by atoms with Gasteiger partial charge in [0.1, 0.15) is 0 Å². The second-order valence-corrected chi connectivity index (χ2v) is 8.58. The second-order valence-electron chi connectivity index (χ2n) is 6.43. The third kappa shape index (κ3) is 3.45. The van der Waals surface area contributed by atoms with E-state index in [0.717, 1.165) is 10.3 Å². The monoisotopic (exact) mass is 377 g/mol. The Morgan fingerprint density at radius 1 is 1.08 bits per heavy atom. The lowest BCUT2D eigenvalue weighted by Crippen LogP contribution is -2.49. The summed E-state index contributed by atoms with van der Waals surface area (Å²) >= 11 is 0. The van der Waals surface area contributed by atoms with E-state index in [1.165, 1.54) is 26.2 Å². The molecule has 0 N–H and O–H groups in total. The van der Waals surface area contributed by atoms with Gasteiger partial charge in [-0.15, -0.1) is 0 Å². The molecule has 2 aromatic rings. The van der Waals surface area contributed by atoms with Crippen LogP contribution in [0.4, 0.5) is 5.95 Å². The first-order chi connectivity index (χ1) is 12.3. The van der Waals surface area contributed by atoms with E-state index in [4.69, 9.17) is 0 Å². The number of carbonyl (C=O) groups excluding carboxylic acids is 1. The summed E-state index contributed by atoms with van der Waals surface area (Å²) in [5.74, 6) is 0.814. The van der Waals surface area contributed by atoms with Gasteiger partial charge in [0.05, 0.1) is 4.90 Å². The zero-order valence-corrected chi connectivity index (χ0v) is 16.0. The minimum atomic E-state index is -3.49. The average Bonchev–Trinajstić information content (AvgIpc) is 3.07. The molecule has 1 amide bonds. The molecule has 1 aromatic heterocycles. The van der Waals surface area contributed by atoms with Crippen molar-refractivity contribution in [3.63, 3.8) is 0 Å². The summed E-state index contributed by atoms with van der Waals surface area (Å²) < 4.78 is 27.3. The zero-order chi connectivity index (χ0) is 18.9. The Morgan fingerprint density at radius 2 is 1.69 bits per heavy atom. The van der Waals surface area contributed by atoms with Crippen molar-refractivity contribution < 1.29 is 13.2 Å². The molecule has 1 aromatic carbocycles. The van der Waals surface area contributed by atoms with E-state index in [1.54, 1.807) is 23.2 Å². The number of nitrogens with zero attached hydrogens (tertiary/aromatic N) is 5. The summed E-state index contributed by atoms with van der Waals surface area (Å²) in [7, 11) is 1.42. The van der Waals surface area contributed by atoms with Gasteiger partial charge in [0, 0.05) is 65.3 Å². The lowest BCUT2D eigenvalue weighted by Gasteiger charge is -2.35. The highest BCUT2D eigenvalue weighted by Gasteiger charge is 2.24. The number of aryl methyl sites for hydroxylation is 1. The largest absolute Gasteiger partial charge is 0.339 e. The maximum Gasteiger partial charge on any atom is 0.253 e. The number of carbonyl (C=O) groups is 1. The highest BCUT2D eigenvalue weighted by Crippen LogP contribution is 2.17. The molecule has 0 bridgehead atoms. The molecule has 8 nitrogen and oxygen atoms in total. The molecule has 3 rings (SSSR count). The highest BCUT2D eigenvalue weighted by atomic mass is 32.2. The summed E-state index contributed by atoms with van der Waals surface area (Å²) in [5, 5.41) is 0. The first kappa shape index (κ1) is 18.4. The number of sulfonamides is 1. The van der Waals surface area contributed by atoms with Crippen molar-refractivity contribution in [3.05, 3.63) is 42.2 Å². The molecule has 0 unspecified atom stereocenters. The van der Waals surface area contributed by atoms with Crippen molar-refractivity contribution in [2.75, 3.05) is 45.2 Å². The van der Waals surface area contributed by atoms with Gasteiger partial charge in [-0.3, -0.25) is 4.79 Å². The van der Waals surface area contributed by atoms with Crippen molar-refractivity contribution in [2.45, 2.75) is 4.90 Å². The summed E-state index contributed by atoms with van der Waals surface area (Å²) in [6, 6.07) is 6.10. The molecule has 0 saturated carbocycles. The van der Waals surface area contributed by atoms with Crippen molar-refractivity contribution in [1.82, 2.24) is 18.8 Å². The minimum Gasteiger partial charge on any atom is -0.339 e. The van der Waals surface area contributed by atoms with Crippen LogP contribution in [0.2, 0.25) is 0 Å². The molecule has 1 fully saturated rings. The quantitative estimate of drug-likeness (QED) is 0.781. The molecular weight excluding hydrogens is 354 g/mol. The van der Waals surface area contributed by atoms with Gasteiger partial charge < -0.3 is 14.4 Å². The summed E-state index contributed by atoms with van der Waals surface area (Å²) in [6.07, 6.45) is 3.66. The fraction of sp³-hybridized carbons (Fsp3) is 0.412. The number of rotatable bonds is 4. The molecule has 2 heterocycles. The Labute approximate surface area is 153 Å². The van der Waals surface area contributed by atoms with Crippen LogP contribution in [0, 0.1) is 0 Å². The van der Waals surface area contributed by atoms with Gasteiger partial charge in [-0.1, -0.05) is 0 Å². The predicted octanol–water partition coefficient (Wildman–Crippen LogP) is 0.633. The number of imidazole rings is 1. The third-order valence-corrected chi connectivity index (χ3v) is 6.35. The number of aromatic nitrogens is 2. The Bertz CT molecular complexity index is 881. The molecule has 140 valence electrons. The number of anilines is 1. The Balaban J connectivity index is 1.66. The smallest absolute Gasteiger partial charge is 0.253 e. The van der Waals surface area contributed by atoms with E-state index in [0.29, 0.717) is 31.7 Å². The SMILES string of the molecule is CN(C)S(=O)(=O)c1ccc(C(=O)N2CCN(c3nccn3C)CC2)cc1. The number of piperazine rings is 1. The lowest BCUT2D eigenvalue weighted by atomic mass is 10.2. The minimum absolute atomic E-state index is 0.0849. The lowest BCUT2D eigenvalue weighted by molar-refractivity contribution is 0.0746. The van der Waals surface area contributed by atoms with E-state index in [1.807, 2.05) is 17.8 Å². The van der Waals surface area contributed by atoms with Crippen LogP contribution in [0.3, 0.4) is 0 Å². The summed E-state index contributed by atoms with van der Waals surface area (Å²) in [4.78, 5) is 21.1. The van der Waals surface area contributed by atoms with Crippen LogP contribution >= 0.6 is 0 Å². The van der Waals surface area contributed by atoms with E-state index in [-0.39, 0.29) is 10.8 Å². The van der Waals surface area contributed by atoms with E-state index < -0.39 is 10.0 Å². The maximum absolute atomic E-state index is 12.7. The molecule has 1 saturated heterocycles. The second kappa shape index (κ2) is 7.08. The topological polar surface area (TPSA) is 78.8 Å². The molecular formula is C17H23N5O3S. The van der Waals surface area contributed by atoms with Crippen LogP contribution in [0.1, 0.15) is 10.4 Å². The van der Waals surface area contributed by atoms with Crippen LogP contribution in [-0.2, 0) is 17.1 Å². The van der Waals surface area contributed by atoms with Gasteiger partial charge in [-0.2, -0.15) is 0 Å². The number of hydrogen-bond acceptors (Lipinski definition) is 5. The fourth-order valence-corrected chi connectivity index (χ4v) is 3.84. The molecule has 0 atom stereocenters. The van der Waals surface area contributed by atoms with Gasteiger partial charge >= 0.3 is 0 Å². The molecule has 0 radical (unpaired) electrons. The number of benzene rings is 1. The molecule has 26 heavy (non-hydrogen) atoms. The predicted molar refractivity (Wildman–Crippen MR) is 98.6 cm³/mol. The first-order valence-corrected chi connectivity index (χ1v) is 9.79. The summed E-state index contributed by atoms with van der Waals surface area (Å²) in [6.45, 7) is 2.63. The molecule has 0 aliphatic carbocycles. The van der Waals surface area contributed by atoms with Crippen LogP contribution < -0.4 is 4.90 Å². The maximum atomic E-state index is 12.7. The van der Waals surface area contributed by atoms with Crippen LogP contribution in [-0.4, -0.2) is 73.4 Å². The molecule has 9 heteroatoms. The van der Waals surface area contributed by atoms with Gasteiger partial charge in [0.2, 0.25) is 16.0 Å². The van der Waals surface area contributed by atoms with Gasteiger partial charge in [0.25, 0.3) is 5.91 Å². The van der Waals surface area contributed by atoms with E-state index in [2.05, 4.69) is 9.88 Å². The Morgan fingerprint density at radius 3 is 2.19 bits per heavy atom. The Hall–Kier alpha value is -2.39. The first-order valence-electron chi connectivity index (χ1n) is 8.35.